The third kappa shape index (κ3) is 2.00. The molecule has 8 nitrogen and oxygen atoms in total. The number of fused-ring (bicyclic) bond motifs is 1. The molecule has 84 valence electrons. The first-order valence-electron chi connectivity index (χ1n) is 4.63. The molecule has 0 fully saturated rings. The molecule has 0 aliphatic carbocycles. The molecule has 2 aromatic rings. The molecule has 0 bridgehead atoms. The maximum atomic E-state index is 11.2. The average Bonchev–Trinajstić information content (AvgIpc) is 2.60. The molecule has 16 heavy (non-hydrogen) atoms. The van der Waals surface area contributed by atoms with Gasteiger partial charge in [-0.15, -0.1) is 5.10 Å². The monoisotopic (exact) mass is 222 g/mol. The van der Waals surface area contributed by atoms with Crippen LogP contribution < -0.4 is 16.7 Å². The number of aromatic amines is 1. The fourth-order valence-corrected chi connectivity index (χ4v) is 1.21. The van der Waals surface area contributed by atoms with Crippen LogP contribution in [0.25, 0.3) is 5.65 Å². The van der Waals surface area contributed by atoms with Crippen LogP contribution in [0.3, 0.4) is 0 Å². The molecule has 2 aromatic heterocycles. The molecular formula is C8H10N6O2. The van der Waals surface area contributed by atoms with Gasteiger partial charge in [-0.1, -0.05) is 0 Å². The van der Waals surface area contributed by atoms with Crippen molar-refractivity contribution in [1.82, 2.24) is 19.8 Å². The Hall–Kier alpha value is -2.38. The summed E-state index contributed by atoms with van der Waals surface area (Å²) in [6.07, 6.45) is 0.208. The number of amides is 1. The number of nitrogens with one attached hydrogen (secondary N) is 2. The first-order valence-corrected chi connectivity index (χ1v) is 4.63. The van der Waals surface area contributed by atoms with Crippen LogP contribution in [0.15, 0.2) is 16.9 Å². The predicted octanol–water partition coefficient (Wildman–Crippen LogP) is -1.30. The first-order chi connectivity index (χ1) is 7.66. The van der Waals surface area contributed by atoms with E-state index in [1.165, 1.54) is 0 Å². The van der Waals surface area contributed by atoms with Gasteiger partial charge in [0.1, 0.15) is 5.82 Å². The van der Waals surface area contributed by atoms with E-state index in [9.17, 15) is 9.59 Å². The zero-order valence-electron chi connectivity index (χ0n) is 8.30. The van der Waals surface area contributed by atoms with Gasteiger partial charge in [0.15, 0.2) is 5.65 Å². The molecular weight excluding hydrogens is 212 g/mol. The molecule has 0 saturated heterocycles. The molecule has 0 atom stereocenters. The van der Waals surface area contributed by atoms with Crippen LogP contribution in [-0.4, -0.2) is 32.3 Å². The van der Waals surface area contributed by atoms with E-state index in [2.05, 4.69) is 20.6 Å². The molecule has 0 aliphatic rings. The highest BCUT2D eigenvalue weighted by Gasteiger charge is 2.02. The lowest BCUT2D eigenvalue weighted by atomic mass is 10.4. The molecule has 0 unspecified atom stereocenters. The van der Waals surface area contributed by atoms with E-state index in [4.69, 9.17) is 5.73 Å². The summed E-state index contributed by atoms with van der Waals surface area (Å²) in [6, 6.07) is 3.30. The Balaban J connectivity index is 2.16. The summed E-state index contributed by atoms with van der Waals surface area (Å²) in [4.78, 5) is 21.7. The quantitative estimate of drug-likeness (QED) is 0.594. The predicted molar refractivity (Wildman–Crippen MR) is 55.9 cm³/mol. The summed E-state index contributed by atoms with van der Waals surface area (Å²) in [5, 5.41) is 12.9. The number of nitrogens with two attached hydrogens (primary N) is 1. The molecule has 0 aliphatic heterocycles. The van der Waals surface area contributed by atoms with Crippen molar-refractivity contribution in [3.8, 4) is 0 Å². The molecule has 0 aromatic carbocycles. The number of aromatic nitrogens is 4. The minimum Gasteiger partial charge on any atom is -0.370 e. The second kappa shape index (κ2) is 4.01. The van der Waals surface area contributed by atoms with Crippen LogP contribution in [-0.2, 0) is 4.79 Å². The Labute approximate surface area is 89.5 Å². The molecule has 2 heterocycles. The van der Waals surface area contributed by atoms with Crippen molar-refractivity contribution >= 4 is 17.4 Å². The van der Waals surface area contributed by atoms with Gasteiger partial charge >= 0.3 is 5.69 Å². The standard InChI is InChI=1S/C8H10N6O2/c9-5(15)3-4-10-6-1-2-7-11-12-8(16)14(7)13-6/h1-2H,3-4H2,(H2,9,15)(H,10,13)(H,12,16). The topological polar surface area (TPSA) is 118 Å². The van der Waals surface area contributed by atoms with Crippen LogP contribution in [0.1, 0.15) is 6.42 Å². The lowest BCUT2D eigenvalue weighted by Gasteiger charge is -2.02. The maximum absolute atomic E-state index is 11.2. The van der Waals surface area contributed by atoms with Crippen molar-refractivity contribution in [2.45, 2.75) is 6.42 Å². The largest absolute Gasteiger partial charge is 0.370 e. The van der Waals surface area contributed by atoms with Crippen molar-refractivity contribution in [3.05, 3.63) is 22.6 Å². The second-order valence-corrected chi connectivity index (χ2v) is 3.16. The number of hydrogen-bond acceptors (Lipinski definition) is 5. The molecule has 0 spiro atoms. The average molecular weight is 222 g/mol. The summed E-state index contributed by atoms with van der Waals surface area (Å²) in [6.45, 7) is 0.375. The fraction of sp³-hybridized carbons (Fsp3) is 0.250. The number of nitrogens with zero attached hydrogens (tertiary/aromatic N) is 3. The fourth-order valence-electron chi connectivity index (χ4n) is 1.21. The Morgan fingerprint density at radius 2 is 2.38 bits per heavy atom. The van der Waals surface area contributed by atoms with E-state index in [1.807, 2.05) is 0 Å². The van der Waals surface area contributed by atoms with Gasteiger partial charge in [0.05, 0.1) is 0 Å². The van der Waals surface area contributed by atoms with Crippen LogP contribution in [0.2, 0.25) is 0 Å². The number of rotatable bonds is 4. The van der Waals surface area contributed by atoms with Gasteiger partial charge in [-0.25, -0.2) is 9.89 Å². The van der Waals surface area contributed by atoms with E-state index in [-0.39, 0.29) is 6.42 Å². The van der Waals surface area contributed by atoms with Gasteiger partial charge in [-0.05, 0) is 12.1 Å². The molecule has 2 rings (SSSR count). The lowest BCUT2D eigenvalue weighted by Crippen LogP contribution is -2.18. The van der Waals surface area contributed by atoms with Gasteiger partial charge in [-0.2, -0.15) is 9.61 Å². The Morgan fingerprint density at radius 3 is 3.12 bits per heavy atom. The summed E-state index contributed by atoms with van der Waals surface area (Å²) < 4.78 is 1.13. The smallest absolute Gasteiger partial charge is 0.364 e. The van der Waals surface area contributed by atoms with E-state index in [0.717, 1.165) is 4.52 Å². The van der Waals surface area contributed by atoms with Gasteiger partial charge in [0, 0.05) is 13.0 Å². The summed E-state index contributed by atoms with van der Waals surface area (Å²) in [7, 11) is 0. The number of anilines is 1. The van der Waals surface area contributed by atoms with Gasteiger partial charge in [0.2, 0.25) is 5.91 Å². The highest BCUT2D eigenvalue weighted by molar-refractivity contribution is 5.74. The van der Waals surface area contributed by atoms with Gasteiger partial charge in [0.25, 0.3) is 0 Å². The van der Waals surface area contributed by atoms with E-state index < -0.39 is 11.6 Å². The molecule has 0 saturated carbocycles. The van der Waals surface area contributed by atoms with Crippen molar-refractivity contribution in [2.24, 2.45) is 5.73 Å². The van der Waals surface area contributed by atoms with Crippen molar-refractivity contribution < 1.29 is 4.79 Å². The van der Waals surface area contributed by atoms with E-state index in [1.54, 1.807) is 12.1 Å². The minimum atomic E-state index is -0.409. The van der Waals surface area contributed by atoms with E-state index >= 15 is 0 Å². The number of primary amides is 1. The molecule has 1 amide bonds. The highest BCUT2D eigenvalue weighted by Crippen LogP contribution is 2.02. The number of carbonyl (C=O) groups is 1. The highest BCUT2D eigenvalue weighted by atomic mass is 16.2. The Morgan fingerprint density at radius 1 is 1.56 bits per heavy atom. The van der Waals surface area contributed by atoms with Crippen molar-refractivity contribution in [2.75, 3.05) is 11.9 Å². The number of carbonyl (C=O) groups excluding carboxylic acids is 1. The Kier molecular flexibility index (Phi) is 2.54. The normalized spacial score (nSPS) is 10.5. The molecule has 0 radical (unpaired) electrons. The maximum Gasteiger partial charge on any atom is 0.364 e. The number of H-pyrrole nitrogens is 1. The van der Waals surface area contributed by atoms with Crippen LogP contribution in [0, 0.1) is 0 Å². The van der Waals surface area contributed by atoms with Crippen molar-refractivity contribution in [1.29, 1.82) is 0 Å². The molecule has 8 heteroatoms. The van der Waals surface area contributed by atoms with E-state index in [0.29, 0.717) is 18.0 Å². The van der Waals surface area contributed by atoms with Crippen LogP contribution in [0.5, 0.6) is 0 Å². The minimum absolute atomic E-state index is 0.208. The SMILES string of the molecule is NC(=O)CCNc1ccc2n[nH]c(=O)n2n1. The van der Waals surface area contributed by atoms with Crippen LogP contribution in [0.4, 0.5) is 5.82 Å². The first kappa shape index (κ1) is 10.1. The third-order valence-electron chi connectivity index (χ3n) is 1.95. The summed E-state index contributed by atoms with van der Waals surface area (Å²) in [5.74, 6) is 0.0892. The second-order valence-electron chi connectivity index (χ2n) is 3.16. The number of hydrogen-bond donors (Lipinski definition) is 3. The third-order valence-corrected chi connectivity index (χ3v) is 1.95. The Bertz CT molecular complexity index is 571. The lowest BCUT2D eigenvalue weighted by molar-refractivity contribution is -0.117. The van der Waals surface area contributed by atoms with Crippen LogP contribution >= 0.6 is 0 Å². The van der Waals surface area contributed by atoms with Gasteiger partial charge < -0.3 is 11.1 Å². The van der Waals surface area contributed by atoms with Gasteiger partial charge in [-0.3, -0.25) is 4.79 Å². The summed E-state index contributed by atoms with van der Waals surface area (Å²) >= 11 is 0. The molecule has 4 N–H and O–H groups in total. The zero-order chi connectivity index (χ0) is 11.5. The van der Waals surface area contributed by atoms with Crippen molar-refractivity contribution in [3.63, 3.8) is 0 Å². The summed E-state index contributed by atoms with van der Waals surface area (Å²) in [5.41, 5.74) is 5.01. The zero-order valence-corrected chi connectivity index (χ0v) is 8.30.